The van der Waals surface area contributed by atoms with Crippen LogP contribution in [0, 0.1) is 0 Å². The number of carbonyl (C=O) groups is 1. The van der Waals surface area contributed by atoms with Crippen LogP contribution in [0.1, 0.15) is 10.4 Å². The van der Waals surface area contributed by atoms with Gasteiger partial charge in [-0.25, -0.2) is 0 Å². The molecule has 0 fully saturated rings. The maximum Gasteiger partial charge on any atom is 0.215 e. The Morgan fingerprint density at radius 3 is 2.16 bits per heavy atom. The molecule has 0 bridgehead atoms. The second-order valence-corrected chi connectivity index (χ2v) is 5.36. The van der Waals surface area contributed by atoms with Gasteiger partial charge < -0.3 is 4.74 Å². The zero-order chi connectivity index (χ0) is 13.8. The Balaban J connectivity index is 2.18. The molecule has 98 valence electrons. The molecule has 2 nitrogen and oxygen atoms in total. The summed E-state index contributed by atoms with van der Waals surface area (Å²) in [6.07, 6.45) is 0. The zero-order valence-corrected chi connectivity index (χ0v) is 12.7. The van der Waals surface area contributed by atoms with Crippen LogP contribution in [0.25, 0.3) is 0 Å². The third kappa shape index (κ3) is 3.50. The van der Waals surface area contributed by atoms with Crippen LogP contribution in [-0.4, -0.2) is 10.8 Å². The van der Waals surface area contributed by atoms with Crippen molar-refractivity contribution in [1.29, 1.82) is 0 Å². The summed E-state index contributed by atoms with van der Waals surface area (Å²) in [5.74, 6) is 0.0913. The highest BCUT2D eigenvalue weighted by atomic mass is 79.9. The Labute approximate surface area is 129 Å². The summed E-state index contributed by atoms with van der Waals surface area (Å²) in [6.45, 7) is 0. The number of ketones is 1. The maximum atomic E-state index is 12.1. The number of alkyl halides is 1. The predicted molar refractivity (Wildman–Crippen MR) is 80.6 cm³/mol. The predicted octanol–water partition coefficient (Wildman–Crippen LogP) is 4.98. The van der Waals surface area contributed by atoms with Crippen molar-refractivity contribution in [2.75, 3.05) is 0 Å². The van der Waals surface area contributed by atoms with Crippen molar-refractivity contribution in [1.82, 2.24) is 0 Å². The summed E-state index contributed by atoms with van der Waals surface area (Å²) in [4.78, 5) is 12.1. The van der Waals surface area contributed by atoms with Crippen molar-refractivity contribution in [3.05, 3.63) is 64.1 Å². The molecule has 5 heteroatoms. The lowest BCUT2D eigenvalue weighted by Crippen LogP contribution is -2.21. The molecule has 0 spiro atoms. The lowest BCUT2D eigenvalue weighted by molar-refractivity contribution is 0.0897. The van der Waals surface area contributed by atoms with E-state index in [-0.39, 0.29) is 11.5 Å². The van der Waals surface area contributed by atoms with Gasteiger partial charge in [0.15, 0.2) is 5.75 Å². The fraction of sp³-hybridized carbons (Fsp3) is 0.0714. The number of carbonyl (C=O) groups excluding carboxylic acids is 1. The molecule has 0 N–H and O–H groups in total. The maximum absolute atomic E-state index is 12.1. The molecule has 1 atom stereocenters. The molecule has 2 aromatic carbocycles. The second-order valence-electron chi connectivity index (χ2n) is 3.71. The molecule has 0 aliphatic carbocycles. The normalized spacial score (nSPS) is 11.9. The Bertz CT molecular complexity index is 567. The van der Waals surface area contributed by atoms with Crippen molar-refractivity contribution in [3.63, 3.8) is 0 Å². The molecule has 2 rings (SSSR count). The van der Waals surface area contributed by atoms with E-state index in [9.17, 15) is 4.79 Å². The summed E-state index contributed by atoms with van der Waals surface area (Å²) in [5, 5.41) is -0.122. The fourth-order valence-corrected chi connectivity index (χ4v) is 2.42. The monoisotopic (exact) mass is 358 g/mol. The molecule has 0 aliphatic heterocycles. The minimum atomic E-state index is -0.840. The molecule has 0 aliphatic rings. The van der Waals surface area contributed by atoms with E-state index in [1.165, 1.54) is 0 Å². The van der Waals surface area contributed by atoms with Gasteiger partial charge in [-0.05, 0) is 28.1 Å². The van der Waals surface area contributed by atoms with E-state index in [0.29, 0.717) is 15.6 Å². The van der Waals surface area contributed by atoms with Crippen LogP contribution in [0.15, 0.2) is 48.5 Å². The molecule has 2 aromatic rings. The van der Waals surface area contributed by atoms with Crippen LogP contribution in [0.5, 0.6) is 5.75 Å². The summed E-state index contributed by atoms with van der Waals surface area (Å²) in [6, 6.07) is 13.9. The third-order valence-electron chi connectivity index (χ3n) is 2.40. The molecule has 0 amide bonds. The van der Waals surface area contributed by atoms with Gasteiger partial charge in [0.25, 0.3) is 0 Å². The SMILES string of the molecule is O=C(c1ccccc1)C(Br)Oc1c(Cl)cccc1Cl. The lowest BCUT2D eigenvalue weighted by atomic mass is 10.1. The van der Waals surface area contributed by atoms with Gasteiger partial charge in [-0.3, -0.25) is 4.79 Å². The van der Waals surface area contributed by atoms with E-state index in [1.807, 2.05) is 6.07 Å². The van der Waals surface area contributed by atoms with Crippen LogP contribution in [0.4, 0.5) is 0 Å². The van der Waals surface area contributed by atoms with Gasteiger partial charge >= 0.3 is 0 Å². The van der Waals surface area contributed by atoms with Crippen LogP contribution < -0.4 is 4.74 Å². The van der Waals surface area contributed by atoms with E-state index < -0.39 is 5.01 Å². The first-order valence-electron chi connectivity index (χ1n) is 5.43. The Kier molecular flexibility index (Phi) is 4.86. The molecular weight excluding hydrogens is 351 g/mol. The van der Waals surface area contributed by atoms with Crippen LogP contribution in [0.3, 0.4) is 0 Å². The van der Waals surface area contributed by atoms with E-state index in [4.69, 9.17) is 27.9 Å². The van der Waals surface area contributed by atoms with Crippen molar-refractivity contribution in [2.45, 2.75) is 5.01 Å². The first-order valence-corrected chi connectivity index (χ1v) is 7.11. The Morgan fingerprint density at radius 1 is 1.00 bits per heavy atom. The van der Waals surface area contributed by atoms with Crippen LogP contribution >= 0.6 is 39.1 Å². The van der Waals surface area contributed by atoms with Gasteiger partial charge in [-0.15, -0.1) is 0 Å². The van der Waals surface area contributed by atoms with Crippen molar-refractivity contribution in [2.24, 2.45) is 0 Å². The lowest BCUT2D eigenvalue weighted by Gasteiger charge is -2.14. The summed E-state index contributed by atoms with van der Waals surface area (Å²) in [5.41, 5.74) is 0.549. The minimum Gasteiger partial charge on any atom is -0.468 e. The van der Waals surface area contributed by atoms with Gasteiger partial charge in [0.1, 0.15) is 0 Å². The number of rotatable bonds is 4. The van der Waals surface area contributed by atoms with Gasteiger partial charge in [0, 0.05) is 5.56 Å². The first-order chi connectivity index (χ1) is 9.09. The number of para-hydroxylation sites is 1. The molecule has 19 heavy (non-hydrogen) atoms. The zero-order valence-electron chi connectivity index (χ0n) is 9.65. The third-order valence-corrected chi connectivity index (χ3v) is 3.60. The standard InChI is InChI=1S/C14H9BrCl2O2/c15-14(12(18)9-5-2-1-3-6-9)19-13-10(16)7-4-8-11(13)17/h1-8,14H. The Morgan fingerprint density at radius 2 is 1.58 bits per heavy atom. The second kappa shape index (κ2) is 6.42. The van der Waals surface area contributed by atoms with Gasteiger partial charge in [0.2, 0.25) is 10.8 Å². The average molecular weight is 360 g/mol. The topological polar surface area (TPSA) is 26.3 Å². The van der Waals surface area contributed by atoms with Crippen molar-refractivity contribution in [3.8, 4) is 5.75 Å². The molecule has 0 saturated heterocycles. The van der Waals surface area contributed by atoms with E-state index >= 15 is 0 Å². The Hall–Kier alpha value is -1.03. The number of hydrogen-bond acceptors (Lipinski definition) is 2. The summed E-state index contributed by atoms with van der Waals surface area (Å²) >= 11 is 15.2. The smallest absolute Gasteiger partial charge is 0.215 e. The highest BCUT2D eigenvalue weighted by Gasteiger charge is 2.20. The number of halogens is 3. The van der Waals surface area contributed by atoms with Crippen molar-refractivity contribution >= 4 is 44.9 Å². The summed E-state index contributed by atoms with van der Waals surface area (Å²) in [7, 11) is 0. The van der Waals surface area contributed by atoms with E-state index in [2.05, 4.69) is 15.9 Å². The largest absolute Gasteiger partial charge is 0.468 e. The minimum absolute atomic E-state index is 0.198. The molecule has 0 heterocycles. The molecule has 0 saturated carbocycles. The number of benzene rings is 2. The van der Waals surface area contributed by atoms with Gasteiger partial charge in [-0.1, -0.05) is 59.6 Å². The van der Waals surface area contributed by atoms with Gasteiger partial charge in [0.05, 0.1) is 10.0 Å². The number of hydrogen-bond donors (Lipinski definition) is 0. The van der Waals surface area contributed by atoms with Crippen molar-refractivity contribution < 1.29 is 9.53 Å². The highest BCUT2D eigenvalue weighted by molar-refractivity contribution is 9.09. The molecule has 1 unspecified atom stereocenters. The number of Topliss-reactive ketones (excluding diaryl/α,β-unsaturated/α-hetero) is 1. The summed E-state index contributed by atoms with van der Waals surface area (Å²) < 4.78 is 5.50. The first kappa shape index (κ1) is 14.4. The molecule has 0 radical (unpaired) electrons. The molecular formula is C14H9BrCl2O2. The van der Waals surface area contributed by atoms with Crippen LogP contribution in [-0.2, 0) is 0 Å². The van der Waals surface area contributed by atoms with E-state index in [1.54, 1.807) is 42.5 Å². The quantitative estimate of drug-likeness (QED) is 0.568. The van der Waals surface area contributed by atoms with E-state index in [0.717, 1.165) is 0 Å². The fourth-order valence-electron chi connectivity index (χ4n) is 1.49. The van der Waals surface area contributed by atoms with Crippen LogP contribution in [0.2, 0.25) is 10.0 Å². The highest BCUT2D eigenvalue weighted by Crippen LogP contribution is 2.34. The molecule has 0 aromatic heterocycles. The van der Waals surface area contributed by atoms with Gasteiger partial charge in [-0.2, -0.15) is 0 Å². The number of ether oxygens (including phenoxy) is 1. The average Bonchev–Trinajstić information content (AvgIpc) is 2.43.